The molecule has 1 aliphatic heterocycles. The smallest absolute Gasteiger partial charge is 0.328 e. The van der Waals surface area contributed by atoms with Crippen LogP contribution in [0.5, 0.6) is 0 Å². The highest BCUT2D eigenvalue weighted by Crippen LogP contribution is 2.10. The van der Waals surface area contributed by atoms with Gasteiger partial charge in [0.05, 0.1) is 12.1 Å². The zero-order valence-corrected chi connectivity index (χ0v) is 7.77. The van der Waals surface area contributed by atoms with Gasteiger partial charge in [-0.05, 0) is 12.1 Å². The number of nitrogens with zero attached hydrogens (tertiary/aromatic N) is 1. The molecule has 0 amide bonds. The Morgan fingerprint density at radius 2 is 2.27 bits per heavy atom. The molecule has 0 bridgehead atoms. The number of hydrogen-bond acceptors (Lipinski definition) is 3. The summed E-state index contributed by atoms with van der Waals surface area (Å²) >= 11 is 0. The van der Waals surface area contributed by atoms with Crippen LogP contribution in [0.15, 0.2) is 29.3 Å². The molecule has 15 heavy (non-hydrogen) atoms. The van der Waals surface area contributed by atoms with E-state index in [1.807, 2.05) is 0 Å². The van der Waals surface area contributed by atoms with Crippen LogP contribution >= 0.6 is 0 Å². The Balaban J connectivity index is 2.21. The van der Waals surface area contributed by atoms with Crippen LogP contribution in [-0.4, -0.2) is 29.5 Å². The number of amidine groups is 1. The van der Waals surface area contributed by atoms with Crippen LogP contribution in [0.1, 0.15) is 5.56 Å². The van der Waals surface area contributed by atoms with E-state index in [0.29, 0.717) is 11.4 Å². The number of carboxylic acids is 1. The quantitative estimate of drug-likeness (QED) is 0.749. The van der Waals surface area contributed by atoms with E-state index in [1.54, 1.807) is 18.2 Å². The lowest BCUT2D eigenvalue weighted by molar-refractivity contribution is -0.138. The molecule has 1 aliphatic rings. The van der Waals surface area contributed by atoms with Crippen LogP contribution in [0.2, 0.25) is 0 Å². The molecule has 0 aliphatic carbocycles. The van der Waals surface area contributed by atoms with Crippen LogP contribution in [0.4, 0.5) is 4.39 Å². The number of carboxylic acid groups (broad SMARTS) is 1. The van der Waals surface area contributed by atoms with Crippen LogP contribution in [0, 0.1) is 5.82 Å². The summed E-state index contributed by atoms with van der Waals surface area (Å²) in [5, 5.41) is 11.4. The molecule has 2 N–H and O–H groups in total. The summed E-state index contributed by atoms with van der Waals surface area (Å²) in [5.74, 6) is -1.08. The summed E-state index contributed by atoms with van der Waals surface area (Å²) in [5.41, 5.74) is 0.307. The Kier molecular flexibility index (Phi) is 2.37. The highest BCUT2D eigenvalue weighted by Gasteiger charge is 2.25. The van der Waals surface area contributed by atoms with Gasteiger partial charge in [0.25, 0.3) is 0 Å². The van der Waals surface area contributed by atoms with E-state index in [4.69, 9.17) is 5.11 Å². The van der Waals surface area contributed by atoms with Gasteiger partial charge in [0, 0.05) is 0 Å². The molecule has 0 saturated carbocycles. The first-order valence-electron chi connectivity index (χ1n) is 4.47. The van der Waals surface area contributed by atoms with Gasteiger partial charge in [0.15, 0.2) is 0 Å². The highest BCUT2D eigenvalue weighted by molar-refractivity contribution is 6.02. The predicted octanol–water partition coefficient (Wildman–Crippen LogP) is 0.629. The Morgan fingerprint density at radius 1 is 1.53 bits per heavy atom. The molecule has 1 aromatic carbocycles. The van der Waals surface area contributed by atoms with Crippen molar-refractivity contribution in [3.8, 4) is 0 Å². The Bertz CT molecular complexity index is 431. The lowest BCUT2D eigenvalue weighted by Crippen LogP contribution is -2.37. The summed E-state index contributed by atoms with van der Waals surface area (Å²) in [6, 6.07) is 5.37. The Morgan fingerprint density at radius 3 is 2.87 bits per heavy atom. The van der Waals surface area contributed by atoms with Gasteiger partial charge in [-0.3, -0.25) is 4.99 Å². The van der Waals surface area contributed by atoms with Gasteiger partial charge in [0.1, 0.15) is 17.7 Å². The van der Waals surface area contributed by atoms with Crippen molar-refractivity contribution in [3.05, 3.63) is 35.6 Å². The number of aliphatic imine (C=N–C) groups is 1. The molecule has 1 unspecified atom stereocenters. The van der Waals surface area contributed by atoms with Crippen LogP contribution in [0.3, 0.4) is 0 Å². The summed E-state index contributed by atoms with van der Waals surface area (Å²) < 4.78 is 13.3. The van der Waals surface area contributed by atoms with Crippen molar-refractivity contribution in [3.63, 3.8) is 0 Å². The molecule has 78 valence electrons. The molecule has 5 heteroatoms. The second kappa shape index (κ2) is 3.68. The number of rotatable bonds is 2. The van der Waals surface area contributed by atoms with Gasteiger partial charge < -0.3 is 10.4 Å². The largest absolute Gasteiger partial charge is 0.480 e. The fourth-order valence-electron chi connectivity index (χ4n) is 1.39. The minimum absolute atomic E-state index is 0.138. The minimum atomic E-state index is -0.981. The molecular weight excluding hydrogens is 199 g/mol. The summed E-state index contributed by atoms with van der Waals surface area (Å²) in [6.07, 6.45) is 0. The predicted molar refractivity (Wildman–Crippen MR) is 52.4 cm³/mol. The number of nitrogens with one attached hydrogen (secondary N) is 1. The van der Waals surface area contributed by atoms with Crippen molar-refractivity contribution < 1.29 is 14.3 Å². The van der Waals surface area contributed by atoms with Crippen molar-refractivity contribution in [2.45, 2.75) is 6.04 Å². The summed E-state index contributed by atoms with van der Waals surface area (Å²) in [6.45, 7) is 0.138. The van der Waals surface area contributed by atoms with E-state index in [1.165, 1.54) is 6.07 Å². The minimum Gasteiger partial charge on any atom is -0.480 e. The number of hydrogen-bond donors (Lipinski definition) is 2. The fourth-order valence-corrected chi connectivity index (χ4v) is 1.39. The number of carbonyl (C=O) groups is 1. The van der Waals surface area contributed by atoms with E-state index >= 15 is 0 Å². The van der Waals surface area contributed by atoms with E-state index < -0.39 is 17.8 Å². The number of benzene rings is 1. The molecule has 4 nitrogen and oxygen atoms in total. The molecule has 2 rings (SSSR count). The highest BCUT2D eigenvalue weighted by atomic mass is 19.1. The average molecular weight is 208 g/mol. The van der Waals surface area contributed by atoms with E-state index in [-0.39, 0.29) is 6.54 Å². The molecule has 1 aromatic rings. The van der Waals surface area contributed by atoms with Crippen molar-refractivity contribution in [2.75, 3.05) is 6.54 Å². The Labute approximate surface area is 85.5 Å². The van der Waals surface area contributed by atoms with Gasteiger partial charge in [0.2, 0.25) is 0 Å². The maximum atomic E-state index is 13.3. The lowest BCUT2D eigenvalue weighted by atomic mass is 10.2. The summed E-state index contributed by atoms with van der Waals surface area (Å²) in [4.78, 5) is 14.6. The van der Waals surface area contributed by atoms with Crippen LogP contribution < -0.4 is 5.32 Å². The van der Waals surface area contributed by atoms with Crippen molar-refractivity contribution >= 4 is 11.8 Å². The fraction of sp³-hybridized carbons (Fsp3) is 0.200. The van der Waals surface area contributed by atoms with Crippen LogP contribution in [0.25, 0.3) is 0 Å². The van der Waals surface area contributed by atoms with Gasteiger partial charge in [-0.15, -0.1) is 0 Å². The van der Waals surface area contributed by atoms with E-state index in [9.17, 15) is 9.18 Å². The number of halogens is 1. The number of aliphatic carboxylic acids is 1. The van der Waals surface area contributed by atoms with Gasteiger partial charge in [-0.2, -0.15) is 0 Å². The van der Waals surface area contributed by atoms with Crippen molar-refractivity contribution in [2.24, 2.45) is 4.99 Å². The molecule has 1 atom stereocenters. The second-order valence-corrected chi connectivity index (χ2v) is 3.20. The SMILES string of the molecule is O=C(O)C1CN=C(c2ccccc2F)N1. The van der Waals surface area contributed by atoms with Crippen molar-refractivity contribution in [1.29, 1.82) is 0 Å². The zero-order valence-electron chi connectivity index (χ0n) is 7.77. The normalized spacial score (nSPS) is 19.5. The van der Waals surface area contributed by atoms with Gasteiger partial charge >= 0.3 is 5.97 Å². The first kappa shape index (κ1) is 9.64. The monoisotopic (exact) mass is 208 g/mol. The second-order valence-electron chi connectivity index (χ2n) is 3.20. The van der Waals surface area contributed by atoms with Crippen LogP contribution in [-0.2, 0) is 4.79 Å². The molecular formula is C10H9FN2O2. The zero-order chi connectivity index (χ0) is 10.8. The first-order valence-corrected chi connectivity index (χ1v) is 4.47. The average Bonchev–Trinajstić information content (AvgIpc) is 2.67. The maximum Gasteiger partial charge on any atom is 0.328 e. The topological polar surface area (TPSA) is 61.7 Å². The standard InChI is InChI=1S/C10H9FN2O2/c11-7-4-2-1-3-6(7)9-12-5-8(13-9)10(14)15/h1-4,8H,5H2,(H,12,13)(H,14,15). The third-order valence-corrected chi connectivity index (χ3v) is 2.17. The van der Waals surface area contributed by atoms with E-state index in [0.717, 1.165) is 0 Å². The van der Waals surface area contributed by atoms with Gasteiger partial charge in [-0.1, -0.05) is 12.1 Å². The Hall–Kier alpha value is -1.91. The van der Waals surface area contributed by atoms with E-state index in [2.05, 4.69) is 10.3 Å². The third-order valence-electron chi connectivity index (χ3n) is 2.17. The van der Waals surface area contributed by atoms with Crippen molar-refractivity contribution in [1.82, 2.24) is 5.32 Å². The molecule has 0 saturated heterocycles. The van der Waals surface area contributed by atoms with Gasteiger partial charge in [-0.25, -0.2) is 9.18 Å². The first-order chi connectivity index (χ1) is 7.18. The maximum absolute atomic E-state index is 13.3. The molecule has 0 fully saturated rings. The third kappa shape index (κ3) is 1.81. The molecule has 0 aromatic heterocycles. The summed E-state index contributed by atoms with van der Waals surface area (Å²) in [7, 11) is 0. The lowest BCUT2D eigenvalue weighted by Gasteiger charge is -2.07. The molecule has 0 spiro atoms. The molecule has 1 heterocycles. The molecule has 0 radical (unpaired) electrons.